The minimum absolute atomic E-state index is 0. The number of guanidine groups is 1. The second kappa shape index (κ2) is 11.2. The van der Waals surface area contributed by atoms with Gasteiger partial charge in [0.15, 0.2) is 17.5 Å². The summed E-state index contributed by atoms with van der Waals surface area (Å²) >= 11 is 1.66. The minimum Gasteiger partial charge on any atom is -0.493 e. The highest BCUT2D eigenvalue weighted by Gasteiger charge is 2.10. The van der Waals surface area contributed by atoms with Crippen molar-refractivity contribution in [3.05, 3.63) is 39.8 Å². The van der Waals surface area contributed by atoms with Crippen LogP contribution in [0.25, 0.3) is 0 Å². The maximum Gasteiger partial charge on any atom is 0.194 e. The van der Waals surface area contributed by atoms with Crippen LogP contribution in [0.1, 0.15) is 23.2 Å². The molecule has 0 unspecified atom stereocenters. The highest BCUT2D eigenvalue weighted by molar-refractivity contribution is 14.0. The number of aryl methyl sites for hydroxylation is 1. The van der Waals surface area contributed by atoms with Crippen LogP contribution in [0.15, 0.2) is 28.6 Å². The smallest absolute Gasteiger partial charge is 0.194 e. The van der Waals surface area contributed by atoms with Gasteiger partial charge in [-0.15, -0.1) is 35.3 Å². The Bertz CT molecular complexity index is 721. The molecule has 6 nitrogen and oxygen atoms in total. The zero-order valence-corrected chi connectivity index (χ0v) is 19.1. The van der Waals surface area contributed by atoms with Gasteiger partial charge in [-0.3, -0.25) is 4.99 Å². The second-order valence-corrected chi connectivity index (χ2v) is 6.60. The first-order valence-electron chi connectivity index (χ1n) is 8.19. The zero-order valence-electron chi connectivity index (χ0n) is 15.9. The van der Waals surface area contributed by atoms with Crippen molar-refractivity contribution in [1.29, 1.82) is 0 Å². The monoisotopic (exact) mass is 490 g/mol. The summed E-state index contributed by atoms with van der Waals surface area (Å²) in [6.45, 7) is 5.95. The van der Waals surface area contributed by atoms with E-state index in [0.717, 1.165) is 40.3 Å². The normalized spacial score (nSPS) is 10.9. The number of methoxy groups -OCH3 is 1. The Balaban J connectivity index is 0.00000338. The number of hydrogen-bond donors (Lipinski definition) is 1. The fourth-order valence-corrected chi connectivity index (χ4v) is 3.07. The van der Waals surface area contributed by atoms with Crippen molar-refractivity contribution in [2.45, 2.75) is 26.9 Å². The van der Waals surface area contributed by atoms with E-state index in [4.69, 9.17) is 9.47 Å². The molecule has 0 bridgehead atoms. The summed E-state index contributed by atoms with van der Waals surface area (Å²) in [6.07, 6.45) is 0. The summed E-state index contributed by atoms with van der Waals surface area (Å²) in [5.74, 6) is 2.31. The first-order chi connectivity index (χ1) is 12.1. The second-order valence-electron chi connectivity index (χ2n) is 5.53. The van der Waals surface area contributed by atoms with Crippen LogP contribution in [0.3, 0.4) is 0 Å². The summed E-state index contributed by atoms with van der Waals surface area (Å²) in [6, 6.07) is 5.94. The van der Waals surface area contributed by atoms with Crippen LogP contribution in [0.2, 0.25) is 0 Å². The average molecular weight is 490 g/mol. The molecule has 1 heterocycles. The molecule has 144 valence electrons. The van der Waals surface area contributed by atoms with Gasteiger partial charge in [0.2, 0.25) is 0 Å². The Kier molecular flexibility index (Phi) is 9.71. The number of thiazole rings is 1. The van der Waals surface area contributed by atoms with E-state index >= 15 is 0 Å². The fourth-order valence-electron chi connectivity index (χ4n) is 2.46. The SMILES string of the molecule is CCOc1ccc(CNC(=NC)N(C)Cc2csc(C)n2)cc1OC.I. The van der Waals surface area contributed by atoms with Crippen molar-refractivity contribution in [3.8, 4) is 11.5 Å². The van der Waals surface area contributed by atoms with E-state index in [1.165, 1.54) is 0 Å². The molecule has 0 radical (unpaired) electrons. The topological polar surface area (TPSA) is 59.0 Å². The van der Waals surface area contributed by atoms with Crippen molar-refractivity contribution in [2.24, 2.45) is 4.99 Å². The number of rotatable bonds is 7. The molecule has 0 aliphatic rings. The Morgan fingerprint density at radius 1 is 1.35 bits per heavy atom. The quantitative estimate of drug-likeness (QED) is 0.365. The molecule has 0 fully saturated rings. The third kappa shape index (κ3) is 6.31. The van der Waals surface area contributed by atoms with Gasteiger partial charge in [-0.05, 0) is 31.5 Å². The highest BCUT2D eigenvalue weighted by Crippen LogP contribution is 2.27. The predicted molar refractivity (Wildman–Crippen MR) is 118 cm³/mol. The lowest BCUT2D eigenvalue weighted by atomic mass is 10.2. The van der Waals surface area contributed by atoms with Gasteiger partial charge < -0.3 is 19.7 Å². The number of benzene rings is 1. The van der Waals surface area contributed by atoms with Crippen LogP contribution in [-0.4, -0.2) is 43.7 Å². The lowest BCUT2D eigenvalue weighted by molar-refractivity contribution is 0.310. The van der Waals surface area contributed by atoms with Crippen LogP contribution >= 0.6 is 35.3 Å². The van der Waals surface area contributed by atoms with E-state index in [1.807, 2.05) is 39.1 Å². The molecule has 0 saturated heterocycles. The van der Waals surface area contributed by atoms with Crippen molar-refractivity contribution in [2.75, 3.05) is 27.8 Å². The van der Waals surface area contributed by atoms with Crippen LogP contribution in [0, 0.1) is 6.92 Å². The summed E-state index contributed by atoms with van der Waals surface area (Å²) in [7, 11) is 5.43. The van der Waals surface area contributed by atoms with Crippen molar-refractivity contribution < 1.29 is 9.47 Å². The van der Waals surface area contributed by atoms with Gasteiger partial charge in [-0.25, -0.2) is 4.98 Å². The lowest BCUT2D eigenvalue weighted by Crippen LogP contribution is -2.38. The molecule has 26 heavy (non-hydrogen) atoms. The number of ether oxygens (including phenoxy) is 2. The standard InChI is InChI=1S/C18H26N4O2S.HI/c1-6-24-16-8-7-14(9-17(16)23-5)10-20-18(19-3)22(4)11-15-12-25-13(2)21-15;/h7-9,12H,6,10-11H2,1-5H3,(H,19,20);1H. The molecule has 0 saturated carbocycles. The van der Waals surface area contributed by atoms with Crippen molar-refractivity contribution in [1.82, 2.24) is 15.2 Å². The molecule has 0 aliphatic heterocycles. The van der Waals surface area contributed by atoms with E-state index in [-0.39, 0.29) is 24.0 Å². The average Bonchev–Trinajstić information content (AvgIpc) is 3.01. The number of aliphatic imine (C=N–C) groups is 1. The zero-order chi connectivity index (χ0) is 18.2. The van der Waals surface area contributed by atoms with Gasteiger partial charge in [-0.2, -0.15) is 0 Å². The third-order valence-corrected chi connectivity index (χ3v) is 4.44. The number of halogens is 1. The molecule has 2 rings (SSSR count). The van der Waals surface area contributed by atoms with Crippen LogP contribution < -0.4 is 14.8 Å². The molecule has 2 aromatic rings. The Morgan fingerprint density at radius 2 is 2.12 bits per heavy atom. The first-order valence-corrected chi connectivity index (χ1v) is 9.07. The number of hydrogen-bond acceptors (Lipinski definition) is 5. The molecule has 0 aliphatic carbocycles. The van der Waals surface area contributed by atoms with Gasteiger partial charge in [0.1, 0.15) is 0 Å². The van der Waals surface area contributed by atoms with Gasteiger partial charge in [0, 0.05) is 26.0 Å². The predicted octanol–water partition coefficient (Wildman–Crippen LogP) is 3.68. The molecule has 0 atom stereocenters. The van der Waals surface area contributed by atoms with E-state index in [1.54, 1.807) is 25.5 Å². The van der Waals surface area contributed by atoms with Gasteiger partial charge >= 0.3 is 0 Å². The van der Waals surface area contributed by atoms with Crippen molar-refractivity contribution in [3.63, 3.8) is 0 Å². The largest absolute Gasteiger partial charge is 0.493 e. The third-order valence-electron chi connectivity index (χ3n) is 3.62. The number of aromatic nitrogens is 1. The number of nitrogens with zero attached hydrogens (tertiary/aromatic N) is 3. The van der Waals surface area contributed by atoms with Gasteiger partial charge in [0.05, 0.1) is 31.0 Å². The molecule has 0 spiro atoms. The van der Waals surface area contributed by atoms with Gasteiger partial charge in [-0.1, -0.05) is 6.07 Å². The molecule has 1 aromatic heterocycles. The summed E-state index contributed by atoms with van der Waals surface area (Å²) in [5.41, 5.74) is 2.15. The lowest BCUT2D eigenvalue weighted by Gasteiger charge is -2.21. The highest BCUT2D eigenvalue weighted by atomic mass is 127. The van der Waals surface area contributed by atoms with Gasteiger partial charge in [0.25, 0.3) is 0 Å². The molecule has 1 aromatic carbocycles. The van der Waals surface area contributed by atoms with Crippen LogP contribution in [0.5, 0.6) is 11.5 Å². The van der Waals surface area contributed by atoms with Crippen LogP contribution in [0.4, 0.5) is 0 Å². The Labute approximate surface area is 176 Å². The molecule has 8 heteroatoms. The van der Waals surface area contributed by atoms with E-state index in [2.05, 4.69) is 25.6 Å². The molecule has 0 amide bonds. The van der Waals surface area contributed by atoms with E-state index in [0.29, 0.717) is 13.2 Å². The fraction of sp³-hybridized carbons (Fsp3) is 0.444. The maximum atomic E-state index is 5.55. The van der Waals surface area contributed by atoms with E-state index in [9.17, 15) is 0 Å². The molecular weight excluding hydrogens is 463 g/mol. The van der Waals surface area contributed by atoms with Crippen LogP contribution in [-0.2, 0) is 13.1 Å². The first kappa shape index (κ1) is 22.5. The Hall–Kier alpha value is -1.55. The number of nitrogens with one attached hydrogen (secondary N) is 1. The summed E-state index contributed by atoms with van der Waals surface area (Å²) in [5, 5.41) is 6.53. The molecular formula is C18H27IN4O2S. The summed E-state index contributed by atoms with van der Waals surface area (Å²) < 4.78 is 11.0. The Morgan fingerprint density at radius 3 is 2.69 bits per heavy atom. The van der Waals surface area contributed by atoms with E-state index < -0.39 is 0 Å². The van der Waals surface area contributed by atoms with Crippen molar-refractivity contribution >= 4 is 41.3 Å². The minimum atomic E-state index is 0. The maximum absolute atomic E-state index is 5.55. The molecule has 1 N–H and O–H groups in total. The summed E-state index contributed by atoms with van der Waals surface area (Å²) in [4.78, 5) is 10.9.